The van der Waals surface area contributed by atoms with E-state index < -0.39 is 11.8 Å². The molecule has 1 saturated heterocycles. The van der Waals surface area contributed by atoms with Crippen molar-refractivity contribution in [1.29, 1.82) is 0 Å². The van der Waals surface area contributed by atoms with Crippen LogP contribution in [0.3, 0.4) is 0 Å². The van der Waals surface area contributed by atoms with Crippen molar-refractivity contribution in [2.24, 2.45) is 5.92 Å². The van der Waals surface area contributed by atoms with E-state index in [1.54, 1.807) is 11.8 Å². The summed E-state index contributed by atoms with van der Waals surface area (Å²) >= 11 is 1.79. The van der Waals surface area contributed by atoms with Crippen LogP contribution in [0.25, 0.3) is 0 Å². The van der Waals surface area contributed by atoms with Gasteiger partial charge in [0.25, 0.3) is 5.79 Å². The van der Waals surface area contributed by atoms with Crippen LogP contribution in [0.2, 0.25) is 0 Å². The second-order valence-electron chi connectivity index (χ2n) is 7.03. The van der Waals surface area contributed by atoms with Gasteiger partial charge in [-0.1, -0.05) is 36.4 Å². The predicted octanol–water partition coefficient (Wildman–Crippen LogP) is 4.26. The number of carboxylic acids is 1. The van der Waals surface area contributed by atoms with E-state index in [1.165, 1.54) is 17.4 Å². The number of ether oxygens (including phenoxy) is 2. The van der Waals surface area contributed by atoms with Gasteiger partial charge >= 0.3 is 5.97 Å². The third-order valence-electron chi connectivity index (χ3n) is 4.92. The molecule has 26 heavy (non-hydrogen) atoms. The van der Waals surface area contributed by atoms with E-state index in [2.05, 4.69) is 40.9 Å². The highest BCUT2D eigenvalue weighted by molar-refractivity contribution is 8.06. The van der Waals surface area contributed by atoms with Crippen molar-refractivity contribution >= 4 is 17.7 Å². The van der Waals surface area contributed by atoms with Gasteiger partial charge in [0.1, 0.15) is 0 Å². The minimum atomic E-state index is -1.48. The maximum absolute atomic E-state index is 11.1. The zero-order valence-corrected chi connectivity index (χ0v) is 16.0. The topological polar surface area (TPSA) is 59.0 Å². The normalized spacial score (nSPS) is 28.7. The molecule has 1 aliphatic carbocycles. The first kappa shape index (κ1) is 19.3. The number of rotatable bonds is 7. The fourth-order valence-corrected chi connectivity index (χ4v) is 4.05. The lowest BCUT2D eigenvalue weighted by atomic mass is 10.0. The Bertz CT molecular complexity index is 630. The van der Waals surface area contributed by atoms with Crippen LogP contribution in [0.4, 0.5) is 0 Å². The number of carbonyl (C=O) groups is 1. The molecule has 142 valence electrons. The van der Waals surface area contributed by atoms with E-state index in [0.29, 0.717) is 13.2 Å². The smallest absolute Gasteiger partial charge is 0.364 e. The fourth-order valence-electron chi connectivity index (χ4n) is 3.17. The molecule has 0 aromatic carbocycles. The number of aliphatic carboxylic acids is 1. The number of carboxylic acid groups (broad SMARTS) is 1. The number of nitrogens with zero attached hydrogens (tertiary/aromatic N) is 1. The first-order valence-corrected chi connectivity index (χ1v) is 10.1. The third kappa shape index (κ3) is 5.02. The van der Waals surface area contributed by atoms with Crippen LogP contribution in [-0.2, 0) is 14.3 Å². The zero-order valence-electron chi connectivity index (χ0n) is 15.2. The molecule has 0 atom stereocenters. The van der Waals surface area contributed by atoms with E-state index in [0.717, 1.165) is 38.6 Å². The molecule has 0 radical (unpaired) electrons. The first-order valence-electron chi connectivity index (χ1n) is 9.25. The average Bonchev–Trinajstić information content (AvgIpc) is 2.67. The highest BCUT2D eigenvalue weighted by atomic mass is 32.2. The monoisotopic (exact) mass is 377 g/mol. The SMILES string of the molecule is CC1(C(=O)O)OCC(CCCCN2C=CSC(C3=CC=CCC3)=C2)CO1. The van der Waals surface area contributed by atoms with Gasteiger partial charge in [0.05, 0.1) is 13.2 Å². The first-order chi connectivity index (χ1) is 12.6. The van der Waals surface area contributed by atoms with Crippen molar-refractivity contribution in [1.82, 2.24) is 4.90 Å². The highest BCUT2D eigenvalue weighted by Crippen LogP contribution is 2.33. The van der Waals surface area contributed by atoms with E-state index in [1.807, 2.05) is 0 Å². The molecule has 0 unspecified atom stereocenters. The number of hydrogen-bond donors (Lipinski definition) is 1. The summed E-state index contributed by atoms with van der Waals surface area (Å²) in [4.78, 5) is 14.7. The van der Waals surface area contributed by atoms with Gasteiger partial charge in [-0.3, -0.25) is 0 Å². The van der Waals surface area contributed by atoms with Gasteiger partial charge in [-0.2, -0.15) is 0 Å². The second-order valence-corrected chi connectivity index (χ2v) is 7.98. The molecule has 3 aliphatic rings. The Morgan fingerprint density at radius 3 is 2.88 bits per heavy atom. The van der Waals surface area contributed by atoms with Crippen molar-refractivity contribution in [3.63, 3.8) is 0 Å². The molecule has 0 aromatic heterocycles. The number of unbranched alkanes of at least 4 members (excludes halogenated alkanes) is 1. The second kappa shape index (κ2) is 8.93. The number of thioether (sulfide) groups is 1. The summed E-state index contributed by atoms with van der Waals surface area (Å²) < 4.78 is 10.8. The molecule has 3 rings (SSSR count). The summed E-state index contributed by atoms with van der Waals surface area (Å²) in [6.45, 7) is 3.36. The van der Waals surface area contributed by atoms with Crippen LogP contribution in [0.15, 0.2) is 46.5 Å². The molecular weight excluding hydrogens is 350 g/mol. The molecule has 2 heterocycles. The van der Waals surface area contributed by atoms with Gasteiger partial charge in [-0.15, -0.1) is 0 Å². The van der Waals surface area contributed by atoms with Crippen molar-refractivity contribution in [3.05, 3.63) is 46.5 Å². The largest absolute Gasteiger partial charge is 0.477 e. The Labute approximate surface area is 159 Å². The Morgan fingerprint density at radius 2 is 2.19 bits per heavy atom. The minimum absolute atomic E-state index is 0.278. The van der Waals surface area contributed by atoms with Crippen LogP contribution < -0.4 is 0 Å². The Morgan fingerprint density at radius 1 is 1.38 bits per heavy atom. The van der Waals surface area contributed by atoms with Gasteiger partial charge in [0.2, 0.25) is 0 Å². The molecule has 1 N–H and O–H groups in total. The van der Waals surface area contributed by atoms with Gasteiger partial charge in [0.15, 0.2) is 0 Å². The summed E-state index contributed by atoms with van der Waals surface area (Å²) in [5.74, 6) is -2.26. The minimum Gasteiger partial charge on any atom is -0.477 e. The van der Waals surface area contributed by atoms with E-state index in [-0.39, 0.29) is 5.92 Å². The van der Waals surface area contributed by atoms with Gasteiger partial charge in [0, 0.05) is 36.7 Å². The highest BCUT2D eigenvalue weighted by Gasteiger charge is 2.40. The van der Waals surface area contributed by atoms with Crippen LogP contribution in [0, 0.1) is 5.92 Å². The lowest BCUT2D eigenvalue weighted by Gasteiger charge is -2.34. The van der Waals surface area contributed by atoms with E-state index >= 15 is 0 Å². The summed E-state index contributed by atoms with van der Waals surface area (Å²) in [5, 5.41) is 11.2. The molecule has 1 fully saturated rings. The third-order valence-corrected chi connectivity index (χ3v) is 5.80. The van der Waals surface area contributed by atoms with Gasteiger partial charge in [-0.05, 0) is 36.7 Å². The van der Waals surface area contributed by atoms with Crippen LogP contribution in [-0.4, -0.2) is 41.5 Å². The van der Waals surface area contributed by atoms with Gasteiger partial charge < -0.3 is 19.5 Å². The van der Waals surface area contributed by atoms with Crippen molar-refractivity contribution in [2.75, 3.05) is 19.8 Å². The molecule has 0 bridgehead atoms. The van der Waals surface area contributed by atoms with Crippen LogP contribution >= 0.6 is 11.8 Å². The van der Waals surface area contributed by atoms with E-state index in [9.17, 15) is 4.79 Å². The molecule has 2 aliphatic heterocycles. The Hall–Kier alpha value is -1.50. The van der Waals surface area contributed by atoms with Gasteiger partial charge in [-0.25, -0.2) is 4.79 Å². The summed E-state index contributed by atoms with van der Waals surface area (Å²) in [5.41, 5.74) is 1.42. The maximum Gasteiger partial charge on any atom is 0.364 e. The molecule has 0 amide bonds. The lowest BCUT2D eigenvalue weighted by molar-refractivity contribution is -0.271. The van der Waals surface area contributed by atoms with Crippen molar-refractivity contribution < 1.29 is 19.4 Å². The summed E-state index contributed by atoms with van der Waals surface area (Å²) in [7, 11) is 0. The van der Waals surface area contributed by atoms with Crippen molar-refractivity contribution in [2.45, 2.75) is 44.8 Å². The predicted molar refractivity (Wildman–Crippen MR) is 103 cm³/mol. The Balaban J connectivity index is 1.37. The molecular formula is C20H27NO4S. The Kier molecular flexibility index (Phi) is 6.62. The molecule has 6 heteroatoms. The molecule has 0 spiro atoms. The zero-order chi connectivity index (χ0) is 18.4. The van der Waals surface area contributed by atoms with Crippen LogP contribution in [0.1, 0.15) is 39.0 Å². The summed E-state index contributed by atoms with van der Waals surface area (Å²) in [6, 6.07) is 0. The molecule has 5 nitrogen and oxygen atoms in total. The number of hydrogen-bond acceptors (Lipinski definition) is 5. The number of allylic oxidation sites excluding steroid dienone is 4. The van der Waals surface area contributed by atoms with Crippen molar-refractivity contribution in [3.8, 4) is 0 Å². The van der Waals surface area contributed by atoms with E-state index in [4.69, 9.17) is 14.6 Å². The fraction of sp³-hybridized carbons (Fsp3) is 0.550. The molecule has 0 saturated carbocycles. The standard InChI is InChI=1S/C20H27NO4S/c1-20(19(22)23)24-14-16(15-25-20)7-5-6-10-21-11-12-26-18(13-21)17-8-3-2-4-9-17/h2-3,8,11-13,16H,4-7,9-10,14-15H2,1H3,(H,22,23). The van der Waals surface area contributed by atoms with Crippen LogP contribution in [0.5, 0.6) is 0 Å². The maximum atomic E-state index is 11.1. The average molecular weight is 378 g/mol. The molecule has 0 aromatic rings. The summed E-state index contributed by atoms with van der Waals surface area (Å²) in [6.07, 6.45) is 16.4. The quantitative estimate of drug-likeness (QED) is 0.669. The lowest BCUT2D eigenvalue weighted by Crippen LogP contribution is -2.47.